The van der Waals surface area contributed by atoms with Gasteiger partial charge in [0, 0.05) is 17.0 Å². The van der Waals surface area contributed by atoms with Crippen LogP contribution < -0.4 is 5.32 Å². The molecule has 2 nitrogen and oxygen atoms in total. The smallest absolute Gasteiger partial charge is 0.131 e. The topological polar surface area (TPSA) is 32.3 Å². The lowest BCUT2D eigenvalue weighted by molar-refractivity contribution is 0.460. The maximum atomic E-state index is 9.38. The van der Waals surface area contributed by atoms with Gasteiger partial charge in [-0.3, -0.25) is 0 Å². The summed E-state index contributed by atoms with van der Waals surface area (Å²) in [6, 6.07) is 0.404. The highest BCUT2D eigenvalue weighted by Crippen LogP contribution is 2.32. The predicted molar refractivity (Wildman–Crippen MR) is 46.0 cm³/mol. The van der Waals surface area contributed by atoms with Gasteiger partial charge in [-0.25, -0.2) is 0 Å². The van der Waals surface area contributed by atoms with Gasteiger partial charge < -0.3 is 10.4 Å². The number of rotatable bonds is 1. The van der Waals surface area contributed by atoms with Gasteiger partial charge >= 0.3 is 0 Å². The predicted octanol–water partition coefficient (Wildman–Crippen LogP) is 1.88. The largest absolute Gasteiger partial charge is 0.507 e. The van der Waals surface area contributed by atoms with Gasteiger partial charge in [0.25, 0.3) is 0 Å². The normalized spacial score (nSPS) is 24.2. The average Bonchev–Trinajstić information content (AvgIpc) is 2.55. The molecular weight excluding hydrogens is 158 g/mol. The third-order valence-electron chi connectivity index (χ3n) is 2.11. The van der Waals surface area contributed by atoms with E-state index in [9.17, 15) is 5.11 Å². The van der Waals surface area contributed by atoms with E-state index in [1.807, 2.05) is 5.38 Å². The molecule has 1 aromatic rings. The van der Waals surface area contributed by atoms with E-state index in [-0.39, 0.29) is 0 Å². The molecule has 0 aliphatic carbocycles. The molecule has 0 radical (unpaired) electrons. The molecule has 11 heavy (non-hydrogen) atoms. The van der Waals surface area contributed by atoms with Crippen LogP contribution in [0.25, 0.3) is 0 Å². The molecule has 0 unspecified atom stereocenters. The Bertz CT molecular complexity index is 240. The summed E-state index contributed by atoms with van der Waals surface area (Å²) in [5.41, 5.74) is 1.08. The molecule has 2 rings (SSSR count). The standard InChI is InChI=1S/C8H11NOS/c10-8-5-11-4-6(8)7-2-1-3-9-7/h4-5,7,9-10H,1-3H2/t7-/m1/s1. The first-order valence-electron chi connectivity index (χ1n) is 3.86. The molecule has 3 heteroatoms. The molecule has 1 aliphatic heterocycles. The highest BCUT2D eigenvalue weighted by molar-refractivity contribution is 7.08. The van der Waals surface area contributed by atoms with E-state index < -0.39 is 0 Å². The van der Waals surface area contributed by atoms with Gasteiger partial charge in [0.2, 0.25) is 0 Å². The van der Waals surface area contributed by atoms with Crippen LogP contribution in [0.2, 0.25) is 0 Å². The van der Waals surface area contributed by atoms with Crippen molar-refractivity contribution < 1.29 is 5.11 Å². The Labute approximate surface area is 69.9 Å². The van der Waals surface area contributed by atoms with Crippen LogP contribution in [-0.2, 0) is 0 Å². The molecule has 0 spiro atoms. The van der Waals surface area contributed by atoms with Gasteiger partial charge in [-0.15, -0.1) is 11.3 Å². The van der Waals surface area contributed by atoms with E-state index >= 15 is 0 Å². The van der Waals surface area contributed by atoms with Gasteiger partial charge in [-0.05, 0) is 24.8 Å². The molecule has 1 fully saturated rings. The zero-order valence-electron chi connectivity index (χ0n) is 6.21. The van der Waals surface area contributed by atoms with Gasteiger partial charge in [0.05, 0.1) is 0 Å². The monoisotopic (exact) mass is 169 g/mol. The minimum absolute atomic E-state index is 0.404. The molecule has 1 aliphatic rings. The minimum Gasteiger partial charge on any atom is -0.507 e. The number of nitrogens with one attached hydrogen (secondary N) is 1. The van der Waals surface area contributed by atoms with Crippen molar-refractivity contribution in [3.8, 4) is 5.75 Å². The van der Waals surface area contributed by atoms with E-state index in [2.05, 4.69) is 5.32 Å². The van der Waals surface area contributed by atoms with E-state index in [1.165, 1.54) is 6.42 Å². The van der Waals surface area contributed by atoms with Crippen LogP contribution in [0.1, 0.15) is 24.4 Å². The molecule has 1 atom stereocenters. The Morgan fingerprint density at radius 3 is 3.00 bits per heavy atom. The Hall–Kier alpha value is -0.540. The third-order valence-corrected chi connectivity index (χ3v) is 2.86. The summed E-state index contributed by atoms with van der Waals surface area (Å²) in [7, 11) is 0. The molecule has 60 valence electrons. The van der Waals surface area contributed by atoms with Gasteiger partial charge in [-0.1, -0.05) is 0 Å². The SMILES string of the molecule is Oc1cscc1[C@H]1CCCN1. The maximum absolute atomic E-state index is 9.38. The summed E-state index contributed by atoms with van der Waals surface area (Å²) < 4.78 is 0. The zero-order valence-corrected chi connectivity index (χ0v) is 7.03. The average molecular weight is 169 g/mol. The van der Waals surface area contributed by atoms with Crippen LogP contribution in [0.3, 0.4) is 0 Å². The fraction of sp³-hybridized carbons (Fsp3) is 0.500. The van der Waals surface area contributed by atoms with E-state index in [4.69, 9.17) is 0 Å². The second-order valence-electron chi connectivity index (χ2n) is 2.86. The van der Waals surface area contributed by atoms with Crippen molar-refractivity contribution in [2.75, 3.05) is 6.54 Å². The molecule has 0 saturated carbocycles. The molecule has 2 N–H and O–H groups in total. The molecule has 0 amide bonds. The molecule has 0 aromatic carbocycles. The van der Waals surface area contributed by atoms with Crippen molar-refractivity contribution >= 4 is 11.3 Å². The zero-order chi connectivity index (χ0) is 7.68. The van der Waals surface area contributed by atoms with Crippen LogP contribution in [0.15, 0.2) is 10.8 Å². The lowest BCUT2D eigenvalue weighted by Gasteiger charge is -2.07. The molecule has 1 saturated heterocycles. The summed E-state index contributed by atoms with van der Waals surface area (Å²) >= 11 is 1.56. The second kappa shape index (κ2) is 2.83. The molecule has 1 aromatic heterocycles. The lowest BCUT2D eigenvalue weighted by Crippen LogP contribution is -2.11. The van der Waals surface area contributed by atoms with Crippen LogP contribution in [0.4, 0.5) is 0 Å². The highest BCUT2D eigenvalue weighted by Gasteiger charge is 2.19. The fourth-order valence-electron chi connectivity index (χ4n) is 1.51. The molecular formula is C8H11NOS. The summed E-state index contributed by atoms with van der Waals surface area (Å²) in [5, 5.41) is 16.5. The molecule has 2 heterocycles. The Balaban J connectivity index is 2.21. The van der Waals surface area contributed by atoms with Crippen molar-refractivity contribution in [1.82, 2.24) is 5.32 Å². The lowest BCUT2D eigenvalue weighted by atomic mass is 10.1. The first-order chi connectivity index (χ1) is 5.38. The first-order valence-corrected chi connectivity index (χ1v) is 4.80. The van der Waals surface area contributed by atoms with Crippen LogP contribution in [-0.4, -0.2) is 11.7 Å². The van der Waals surface area contributed by atoms with E-state index in [1.54, 1.807) is 16.7 Å². The summed E-state index contributed by atoms with van der Waals surface area (Å²) in [6.07, 6.45) is 2.38. The first kappa shape index (κ1) is 7.13. The Morgan fingerprint density at radius 2 is 2.45 bits per heavy atom. The maximum Gasteiger partial charge on any atom is 0.131 e. The van der Waals surface area contributed by atoms with E-state index in [0.717, 1.165) is 18.5 Å². The van der Waals surface area contributed by atoms with Gasteiger partial charge in [-0.2, -0.15) is 0 Å². The fourth-order valence-corrected chi connectivity index (χ4v) is 2.28. The van der Waals surface area contributed by atoms with Crippen molar-refractivity contribution in [3.63, 3.8) is 0 Å². The summed E-state index contributed by atoms with van der Waals surface area (Å²) in [6.45, 7) is 1.08. The number of hydrogen-bond acceptors (Lipinski definition) is 3. The van der Waals surface area contributed by atoms with Crippen LogP contribution in [0.5, 0.6) is 5.75 Å². The van der Waals surface area contributed by atoms with Crippen LogP contribution in [0, 0.1) is 0 Å². The number of thiophene rings is 1. The third kappa shape index (κ3) is 1.26. The summed E-state index contributed by atoms with van der Waals surface area (Å²) in [4.78, 5) is 0. The molecule has 0 bridgehead atoms. The Morgan fingerprint density at radius 1 is 1.55 bits per heavy atom. The van der Waals surface area contributed by atoms with Crippen molar-refractivity contribution in [2.24, 2.45) is 0 Å². The van der Waals surface area contributed by atoms with Gasteiger partial charge in [0.1, 0.15) is 5.75 Å². The van der Waals surface area contributed by atoms with Crippen molar-refractivity contribution in [2.45, 2.75) is 18.9 Å². The van der Waals surface area contributed by atoms with Crippen molar-refractivity contribution in [1.29, 1.82) is 0 Å². The number of hydrogen-bond donors (Lipinski definition) is 2. The minimum atomic E-state index is 0.404. The Kier molecular flexibility index (Phi) is 1.84. The summed E-state index contributed by atoms with van der Waals surface area (Å²) in [5.74, 6) is 0.453. The second-order valence-corrected chi connectivity index (χ2v) is 3.60. The number of aromatic hydroxyl groups is 1. The quantitative estimate of drug-likeness (QED) is 0.672. The van der Waals surface area contributed by atoms with Crippen LogP contribution >= 0.6 is 11.3 Å². The van der Waals surface area contributed by atoms with Crippen molar-refractivity contribution in [3.05, 3.63) is 16.3 Å². The van der Waals surface area contributed by atoms with E-state index in [0.29, 0.717) is 11.8 Å². The highest BCUT2D eigenvalue weighted by atomic mass is 32.1. The van der Waals surface area contributed by atoms with Gasteiger partial charge in [0.15, 0.2) is 0 Å².